The Morgan fingerprint density at radius 1 is 1.20 bits per heavy atom. The normalized spacial score (nSPS) is 17.8. The summed E-state index contributed by atoms with van der Waals surface area (Å²) in [5, 5.41) is 7.73. The van der Waals surface area contributed by atoms with E-state index < -0.39 is 17.7 Å². The SMILES string of the molecule is O=C(c1n[nH]c2ccccc12)N1CCO[C@@H](c2ccc(F)c(F)c2)C1. The number of hydrogen-bond acceptors (Lipinski definition) is 3. The molecule has 1 N–H and O–H groups in total. The minimum atomic E-state index is -0.928. The van der Waals surface area contributed by atoms with Gasteiger partial charge in [0.05, 0.1) is 18.7 Å². The van der Waals surface area contributed by atoms with Crippen LogP contribution < -0.4 is 0 Å². The number of aromatic nitrogens is 2. The number of morpholine rings is 1. The van der Waals surface area contributed by atoms with Gasteiger partial charge in [-0.2, -0.15) is 5.10 Å². The largest absolute Gasteiger partial charge is 0.370 e. The second-order valence-corrected chi connectivity index (χ2v) is 5.90. The summed E-state index contributed by atoms with van der Waals surface area (Å²) in [6.45, 7) is 0.989. The monoisotopic (exact) mass is 343 g/mol. The van der Waals surface area contributed by atoms with Crippen molar-refractivity contribution < 1.29 is 18.3 Å². The number of hydrogen-bond donors (Lipinski definition) is 1. The molecule has 3 aromatic rings. The smallest absolute Gasteiger partial charge is 0.275 e. The van der Waals surface area contributed by atoms with Crippen LogP contribution in [0, 0.1) is 11.6 Å². The van der Waals surface area contributed by atoms with Crippen molar-refractivity contribution in [3.8, 4) is 0 Å². The Hall–Kier alpha value is -2.80. The van der Waals surface area contributed by atoms with Crippen molar-refractivity contribution in [2.24, 2.45) is 0 Å². The summed E-state index contributed by atoms with van der Waals surface area (Å²) in [6.07, 6.45) is -0.502. The molecule has 1 atom stereocenters. The van der Waals surface area contributed by atoms with Crippen LogP contribution in [0.25, 0.3) is 10.9 Å². The van der Waals surface area contributed by atoms with Crippen LogP contribution in [-0.2, 0) is 4.74 Å². The van der Waals surface area contributed by atoms with E-state index in [0.29, 0.717) is 24.4 Å². The summed E-state index contributed by atoms with van der Waals surface area (Å²) in [5.74, 6) is -2.05. The minimum absolute atomic E-state index is 0.215. The molecule has 0 bridgehead atoms. The number of nitrogens with one attached hydrogen (secondary N) is 1. The quantitative estimate of drug-likeness (QED) is 0.778. The summed E-state index contributed by atoms with van der Waals surface area (Å²) in [4.78, 5) is 14.4. The van der Waals surface area contributed by atoms with Gasteiger partial charge in [0.2, 0.25) is 0 Å². The molecule has 1 aliphatic rings. The summed E-state index contributed by atoms with van der Waals surface area (Å²) in [7, 11) is 0. The Bertz CT molecular complexity index is 941. The molecule has 5 nitrogen and oxygen atoms in total. The fraction of sp³-hybridized carbons (Fsp3) is 0.222. The Morgan fingerprint density at radius 3 is 2.88 bits per heavy atom. The van der Waals surface area contributed by atoms with Gasteiger partial charge >= 0.3 is 0 Å². The van der Waals surface area contributed by atoms with E-state index in [9.17, 15) is 13.6 Å². The maximum absolute atomic E-state index is 13.5. The molecule has 0 unspecified atom stereocenters. The number of amides is 1. The van der Waals surface area contributed by atoms with Gasteiger partial charge in [0.1, 0.15) is 6.10 Å². The van der Waals surface area contributed by atoms with Crippen LogP contribution in [-0.4, -0.2) is 40.7 Å². The van der Waals surface area contributed by atoms with E-state index in [1.807, 2.05) is 24.3 Å². The third-order valence-electron chi connectivity index (χ3n) is 4.34. The molecule has 128 valence electrons. The maximum atomic E-state index is 13.5. The zero-order valence-electron chi connectivity index (χ0n) is 13.2. The lowest BCUT2D eigenvalue weighted by atomic mass is 10.1. The molecule has 1 saturated heterocycles. The summed E-state index contributed by atoms with van der Waals surface area (Å²) < 4.78 is 32.2. The van der Waals surface area contributed by atoms with Crippen LogP contribution in [0.3, 0.4) is 0 Å². The highest BCUT2D eigenvalue weighted by molar-refractivity contribution is 6.04. The van der Waals surface area contributed by atoms with Gasteiger partial charge < -0.3 is 9.64 Å². The highest BCUT2D eigenvalue weighted by Crippen LogP contribution is 2.25. The zero-order valence-corrected chi connectivity index (χ0v) is 13.2. The number of H-pyrrole nitrogens is 1. The van der Waals surface area contributed by atoms with Gasteiger partial charge in [-0.1, -0.05) is 24.3 Å². The van der Waals surface area contributed by atoms with Crippen LogP contribution in [0.2, 0.25) is 0 Å². The molecule has 0 saturated carbocycles. The van der Waals surface area contributed by atoms with Crippen molar-refractivity contribution in [2.75, 3.05) is 19.7 Å². The molecule has 0 aliphatic carbocycles. The second kappa shape index (κ2) is 6.25. The predicted molar refractivity (Wildman–Crippen MR) is 87.0 cm³/mol. The number of fused-ring (bicyclic) bond motifs is 1. The second-order valence-electron chi connectivity index (χ2n) is 5.90. The first kappa shape index (κ1) is 15.7. The number of benzene rings is 2. The van der Waals surface area contributed by atoms with Crippen LogP contribution in [0.15, 0.2) is 42.5 Å². The highest BCUT2D eigenvalue weighted by atomic mass is 19.2. The number of nitrogens with zero attached hydrogens (tertiary/aromatic N) is 2. The fourth-order valence-electron chi connectivity index (χ4n) is 3.02. The van der Waals surface area contributed by atoms with Gasteiger partial charge in [-0.3, -0.25) is 9.89 Å². The molecule has 1 aliphatic heterocycles. The van der Waals surface area contributed by atoms with Gasteiger partial charge in [-0.05, 0) is 23.8 Å². The van der Waals surface area contributed by atoms with Gasteiger partial charge in [0.25, 0.3) is 5.91 Å². The number of halogens is 2. The van der Waals surface area contributed by atoms with E-state index in [-0.39, 0.29) is 12.5 Å². The van der Waals surface area contributed by atoms with Crippen LogP contribution >= 0.6 is 0 Å². The van der Waals surface area contributed by atoms with Crippen LogP contribution in [0.4, 0.5) is 8.78 Å². The lowest BCUT2D eigenvalue weighted by Crippen LogP contribution is -2.42. The van der Waals surface area contributed by atoms with Crippen molar-refractivity contribution in [3.05, 3.63) is 65.4 Å². The number of para-hydroxylation sites is 1. The molecular weight excluding hydrogens is 328 g/mol. The van der Waals surface area contributed by atoms with Gasteiger partial charge in [0.15, 0.2) is 17.3 Å². The minimum Gasteiger partial charge on any atom is -0.370 e. The topological polar surface area (TPSA) is 58.2 Å². The van der Waals surface area contributed by atoms with Gasteiger partial charge in [-0.25, -0.2) is 8.78 Å². The van der Waals surface area contributed by atoms with E-state index in [4.69, 9.17) is 4.74 Å². The van der Waals surface area contributed by atoms with Crippen LogP contribution in [0.1, 0.15) is 22.2 Å². The molecule has 0 radical (unpaired) electrons. The Morgan fingerprint density at radius 2 is 2.04 bits per heavy atom. The molecule has 0 spiro atoms. The van der Waals surface area contributed by atoms with Crippen molar-refractivity contribution >= 4 is 16.8 Å². The lowest BCUT2D eigenvalue weighted by Gasteiger charge is -2.32. The molecule has 7 heteroatoms. The Balaban J connectivity index is 1.58. The number of aromatic amines is 1. The average Bonchev–Trinajstić information content (AvgIpc) is 3.07. The summed E-state index contributed by atoms with van der Waals surface area (Å²) in [5.41, 5.74) is 1.64. The molecule has 1 aromatic heterocycles. The maximum Gasteiger partial charge on any atom is 0.275 e. The highest BCUT2D eigenvalue weighted by Gasteiger charge is 2.28. The van der Waals surface area contributed by atoms with E-state index in [1.54, 1.807) is 4.90 Å². The van der Waals surface area contributed by atoms with Crippen molar-refractivity contribution in [2.45, 2.75) is 6.10 Å². The Labute approximate surface area is 142 Å². The first-order valence-corrected chi connectivity index (χ1v) is 7.92. The van der Waals surface area contributed by atoms with E-state index >= 15 is 0 Å². The number of ether oxygens (including phenoxy) is 1. The number of carbonyl (C=O) groups is 1. The van der Waals surface area contributed by atoms with E-state index in [0.717, 1.165) is 23.0 Å². The Kier molecular flexibility index (Phi) is 3.93. The standard InChI is InChI=1S/C18H15F2N3O2/c19-13-6-5-11(9-14(13)20)16-10-23(7-8-25-16)18(24)17-12-3-1-2-4-15(12)21-22-17/h1-6,9,16H,7-8,10H2,(H,21,22)/t16-/m1/s1. The van der Waals surface area contributed by atoms with Gasteiger partial charge in [-0.15, -0.1) is 0 Å². The fourth-order valence-corrected chi connectivity index (χ4v) is 3.02. The number of rotatable bonds is 2. The summed E-state index contributed by atoms with van der Waals surface area (Å²) >= 11 is 0. The summed E-state index contributed by atoms with van der Waals surface area (Å²) in [6, 6.07) is 11.0. The van der Waals surface area contributed by atoms with Crippen molar-refractivity contribution in [3.63, 3.8) is 0 Å². The third-order valence-corrected chi connectivity index (χ3v) is 4.34. The van der Waals surface area contributed by atoms with Crippen LogP contribution in [0.5, 0.6) is 0 Å². The molecule has 1 amide bonds. The average molecular weight is 343 g/mol. The first-order chi connectivity index (χ1) is 12.1. The molecule has 1 fully saturated rings. The molecule has 25 heavy (non-hydrogen) atoms. The predicted octanol–water partition coefficient (Wildman–Crippen LogP) is 3.05. The lowest BCUT2D eigenvalue weighted by molar-refractivity contribution is -0.0231. The molecule has 2 heterocycles. The molecule has 2 aromatic carbocycles. The first-order valence-electron chi connectivity index (χ1n) is 7.92. The van der Waals surface area contributed by atoms with Crippen molar-refractivity contribution in [1.29, 1.82) is 0 Å². The van der Waals surface area contributed by atoms with Gasteiger partial charge in [0, 0.05) is 11.9 Å². The van der Waals surface area contributed by atoms with Crippen molar-refractivity contribution in [1.82, 2.24) is 15.1 Å². The molecule has 4 rings (SSSR count). The molecular formula is C18H15F2N3O2. The number of carbonyl (C=O) groups excluding carboxylic acids is 1. The van der Waals surface area contributed by atoms with E-state index in [2.05, 4.69) is 10.2 Å². The van der Waals surface area contributed by atoms with E-state index in [1.165, 1.54) is 6.07 Å². The zero-order chi connectivity index (χ0) is 17.4. The third kappa shape index (κ3) is 2.87.